The van der Waals surface area contributed by atoms with Gasteiger partial charge >= 0.3 is 5.69 Å². The highest BCUT2D eigenvalue weighted by molar-refractivity contribution is 9.10. The average Bonchev–Trinajstić information content (AvgIpc) is 2.74. The molecule has 1 amide bonds. The zero-order chi connectivity index (χ0) is 21.8. The maximum atomic E-state index is 13.3. The van der Waals surface area contributed by atoms with Crippen LogP contribution in [0.25, 0.3) is 0 Å². The monoisotopic (exact) mass is 472 g/mol. The van der Waals surface area contributed by atoms with Gasteiger partial charge in [0.2, 0.25) is 0 Å². The molecular weight excluding hydrogens is 452 g/mol. The number of hydrogen-bond acceptors (Lipinski definition) is 5. The summed E-state index contributed by atoms with van der Waals surface area (Å²) in [6, 6.07) is 14.2. The molecule has 0 saturated carbocycles. The second-order valence-electron chi connectivity index (χ2n) is 6.46. The Morgan fingerprint density at radius 1 is 1.20 bits per heavy atom. The number of hydrogen-bond donors (Lipinski definition) is 2. The number of anilines is 2. The Labute approximate surface area is 181 Å². The first-order valence-corrected chi connectivity index (χ1v) is 9.98. The van der Waals surface area contributed by atoms with Gasteiger partial charge in [-0.1, -0.05) is 30.3 Å². The normalized spacial score (nSPS) is 10.6. The SMILES string of the molecule is CCN(C(=O)c1cc(OC)ccc1Br)c1c(N)n(Cc2ccccc2)c(=O)[nH]c1=O. The Balaban J connectivity index is 2.11. The minimum Gasteiger partial charge on any atom is -0.497 e. The number of methoxy groups -OCH3 is 1. The van der Waals surface area contributed by atoms with Crippen LogP contribution in [-0.2, 0) is 6.54 Å². The molecule has 3 aromatic rings. The lowest BCUT2D eigenvalue weighted by atomic mass is 10.1. The van der Waals surface area contributed by atoms with E-state index in [1.807, 2.05) is 30.3 Å². The Morgan fingerprint density at radius 2 is 1.90 bits per heavy atom. The van der Waals surface area contributed by atoms with Crippen LogP contribution < -0.4 is 26.6 Å². The topological polar surface area (TPSA) is 110 Å². The van der Waals surface area contributed by atoms with Gasteiger partial charge in [-0.25, -0.2) is 4.79 Å². The maximum absolute atomic E-state index is 13.3. The van der Waals surface area contributed by atoms with E-state index in [4.69, 9.17) is 10.5 Å². The number of H-pyrrole nitrogens is 1. The predicted molar refractivity (Wildman–Crippen MR) is 119 cm³/mol. The number of aromatic amines is 1. The molecule has 30 heavy (non-hydrogen) atoms. The van der Waals surface area contributed by atoms with Gasteiger partial charge in [0.15, 0.2) is 5.69 Å². The highest BCUT2D eigenvalue weighted by atomic mass is 79.9. The summed E-state index contributed by atoms with van der Waals surface area (Å²) in [7, 11) is 1.50. The molecule has 1 heterocycles. The number of ether oxygens (including phenoxy) is 1. The highest BCUT2D eigenvalue weighted by Crippen LogP contribution is 2.26. The van der Waals surface area contributed by atoms with Crippen molar-refractivity contribution in [3.63, 3.8) is 0 Å². The van der Waals surface area contributed by atoms with Gasteiger partial charge in [-0.2, -0.15) is 0 Å². The predicted octanol–water partition coefficient (Wildman–Crippen LogP) is 2.60. The Bertz CT molecular complexity index is 1190. The first kappa shape index (κ1) is 21.4. The van der Waals surface area contributed by atoms with Crippen molar-refractivity contribution in [1.82, 2.24) is 9.55 Å². The van der Waals surface area contributed by atoms with E-state index in [0.717, 1.165) is 5.56 Å². The average molecular weight is 473 g/mol. The van der Waals surface area contributed by atoms with Gasteiger partial charge in [0.05, 0.1) is 19.2 Å². The lowest BCUT2D eigenvalue weighted by Crippen LogP contribution is -2.41. The van der Waals surface area contributed by atoms with Crippen LogP contribution in [0.4, 0.5) is 11.5 Å². The minimum atomic E-state index is -0.726. The second-order valence-corrected chi connectivity index (χ2v) is 7.31. The lowest BCUT2D eigenvalue weighted by molar-refractivity contribution is 0.0987. The molecule has 8 nitrogen and oxygen atoms in total. The molecule has 0 aliphatic heterocycles. The molecule has 156 valence electrons. The smallest absolute Gasteiger partial charge is 0.330 e. The van der Waals surface area contributed by atoms with E-state index in [-0.39, 0.29) is 24.6 Å². The molecule has 0 atom stereocenters. The van der Waals surface area contributed by atoms with E-state index in [1.54, 1.807) is 25.1 Å². The number of halogens is 1. The molecular formula is C21H21BrN4O4. The van der Waals surface area contributed by atoms with Gasteiger partial charge < -0.3 is 15.4 Å². The standard InChI is InChI=1S/C21H21BrN4O4/c1-3-25(20(28)15-11-14(30-2)9-10-16(15)22)17-18(23)26(21(29)24-19(17)27)12-13-7-5-4-6-8-13/h4-11H,3,12,23H2,1-2H3,(H,24,27,29). The zero-order valence-corrected chi connectivity index (χ0v) is 18.1. The van der Waals surface area contributed by atoms with Crippen molar-refractivity contribution >= 4 is 33.3 Å². The summed E-state index contributed by atoms with van der Waals surface area (Å²) in [6.45, 7) is 2.04. The van der Waals surface area contributed by atoms with Crippen LogP contribution in [-0.4, -0.2) is 29.1 Å². The van der Waals surface area contributed by atoms with Gasteiger partial charge in [-0.05, 0) is 46.6 Å². The van der Waals surface area contributed by atoms with Crippen molar-refractivity contribution in [2.75, 3.05) is 24.3 Å². The van der Waals surface area contributed by atoms with Crippen LogP contribution in [0.2, 0.25) is 0 Å². The van der Waals surface area contributed by atoms with Crippen molar-refractivity contribution < 1.29 is 9.53 Å². The fraction of sp³-hybridized carbons (Fsp3) is 0.190. The van der Waals surface area contributed by atoms with Crippen LogP contribution in [0.3, 0.4) is 0 Å². The molecule has 0 aliphatic rings. The zero-order valence-electron chi connectivity index (χ0n) is 16.5. The summed E-state index contributed by atoms with van der Waals surface area (Å²) in [4.78, 5) is 41.8. The molecule has 0 aliphatic carbocycles. The molecule has 0 bridgehead atoms. The number of rotatable bonds is 6. The number of aromatic nitrogens is 2. The van der Waals surface area contributed by atoms with Crippen LogP contribution in [0.15, 0.2) is 62.6 Å². The van der Waals surface area contributed by atoms with Gasteiger partial charge in [-0.15, -0.1) is 0 Å². The van der Waals surface area contributed by atoms with E-state index in [0.29, 0.717) is 15.8 Å². The van der Waals surface area contributed by atoms with Crippen molar-refractivity contribution in [3.05, 3.63) is 85.0 Å². The molecule has 0 unspecified atom stereocenters. The van der Waals surface area contributed by atoms with E-state index in [9.17, 15) is 14.4 Å². The number of carbonyl (C=O) groups is 1. The molecule has 9 heteroatoms. The number of benzene rings is 2. The van der Waals surface area contributed by atoms with Crippen molar-refractivity contribution in [2.45, 2.75) is 13.5 Å². The molecule has 0 spiro atoms. The van der Waals surface area contributed by atoms with Gasteiger partial charge in [0, 0.05) is 11.0 Å². The van der Waals surface area contributed by atoms with Crippen LogP contribution >= 0.6 is 15.9 Å². The van der Waals surface area contributed by atoms with Crippen molar-refractivity contribution in [1.29, 1.82) is 0 Å². The highest BCUT2D eigenvalue weighted by Gasteiger charge is 2.25. The number of nitrogen functional groups attached to an aromatic ring is 1. The lowest BCUT2D eigenvalue weighted by Gasteiger charge is -2.24. The third kappa shape index (κ3) is 4.16. The Morgan fingerprint density at radius 3 is 2.53 bits per heavy atom. The Kier molecular flexibility index (Phi) is 6.41. The summed E-state index contributed by atoms with van der Waals surface area (Å²) in [5, 5.41) is 0. The first-order chi connectivity index (χ1) is 14.4. The van der Waals surface area contributed by atoms with E-state index < -0.39 is 17.2 Å². The number of amides is 1. The number of nitrogens with two attached hydrogens (primary N) is 1. The Hall–Kier alpha value is -3.33. The number of nitrogens with one attached hydrogen (secondary N) is 1. The van der Waals surface area contributed by atoms with Gasteiger partial charge in [0.1, 0.15) is 11.6 Å². The molecule has 0 fully saturated rings. The molecule has 3 N–H and O–H groups in total. The summed E-state index contributed by atoms with van der Waals surface area (Å²) in [5.41, 5.74) is 5.92. The molecule has 0 radical (unpaired) electrons. The van der Waals surface area contributed by atoms with Crippen molar-refractivity contribution in [3.8, 4) is 5.75 Å². The van der Waals surface area contributed by atoms with Crippen LogP contribution in [0.5, 0.6) is 5.75 Å². The summed E-state index contributed by atoms with van der Waals surface area (Å²) in [6.07, 6.45) is 0. The fourth-order valence-electron chi connectivity index (χ4n) is 3.11. The summed E-state index contributed by atoms with van der Waals surface area (Å²) < 4.78 is 6.98. The number of carbonyl (C=O) groups excluding carboxylic acids is 1. The third-order valence-electron chi connectivity index (χ3n) is 4.63. The van der Waals surface area contributed by atoms with Crippen molar-refractivity contribution in [2.24, 2.45) is 0 Å². The van der Waals surface area contributed by atoms with Crippen LogP contribution in [0, 0.1) is 0 Å². The minimum absolute atomic E-state index is 0.0762. The van der Waals surface area contributed by atoms with E-state index in [2.05, 4.69) is 20.9 Å². The van der Waals surface area contributed by atoms with E-state index in [1.165, 1.54) is 16.6 Å². The molecule has 0 saturated heterocycles. The summed E-state index contributed by atoms with van der Waals surface area (Å²) >= 11 is 3.36. The maximum Gasteiger partial charge on any atom is 0.330 e. The first-order valence-electron chi connectivity index (χ1n) is 9.19. The number of nitrogens with zero attached hydrogens (tertiary/aromatic N) is 2. The second kappa shape index (κ2) is 9.00. The van der Waals surface area contributed by atoms with Crippen LogP contribution in [0.1, 0.15) is 22.8 Å². The summed E-state index contributed by atoms with van der Waals surface area (Å²) in [5.74, 6) is -0.0410. The molecule has 2 aromatic carbocycles. The van der Waals surface area contributed by atoms with Gasteiger partial charge in [0.25, 0.3) is 11.5 Å². The fourth-order valence-corrected chi connectivity index (χ4v) is 3.52. The molecule has 1 aromatic heterocycles. The molecule has 3 rings (SSSR count). The third-order valence-corrected chi connectivity index (χ3v) is 5.32. The quantitative estimate of drug-likeness (QED) is 0.572. The van der Waals surface area contributed by atoms with Gasteiger partial charge in [-0.3, -0.25) is 19.1 Å². The van der Waals surface area contributed by atoms with E-state index >= 15 is 0 Å². The largest absolute Gasteiger partial charge is 0.497 e.